The molecular weight excluding hydrogens is 457 g/mol. The van der Waals surface area contributed by atoms with Gasteiger partial charge >= 0.3 is 0 Å². The Kier molecular flexibility index (Phi) is 7.07. The van der Waals surface area contributed by atoms with Crippen LogP contribution >= 0.6 is 11.8 Å². The molecule has 4 aromatic rings. The first-order chi connectivity index (χ1) is 16.5. The first kappa shape index (κ1) is 23.2. The van der Waals surface area contributed by atoms with Gasteiger partial charge < -0.3 is 19.6 Å². The summed E-state index contributed by atoms with van der Waals surface area (Å²) >= 11 is 1.25. The number of rotatable bonds is 8. The second-order valence-electron chi connectivity index (χ2n) is 7.28. The van der Waals surface area contributed by atoms with E-state index in [1.807, 2.05) is 24.5 Å². The third-order valence-corrected chi connectivity index (χ3v) is 5.98. The number of anilines is 2. The van der Waals surface area contributed by atoms with Crippen LogP contribution in [0, 0.1) is 12.7 Å². The SMILES string of the molecule is CCn1c(SCC(=O)Nc2ccccc2C(=O)Nc2ccc(F)cc2)nnc1-c1ccoc1C. The Hall–Kier alpha value is -3.92. The van der Waals surface area contributed by atoms with E-state index in [2.05, 4.69) is 20.8 Å². The van der Waals surface area contributed by atoms with E-state index in [1.165, 1.54) is 36.0 Å². The number of carbonyl (C=O) groups is 2. The van der Waals surface area contributed by atoms with E-state index in [4.69, 9.17) is 4.42 Å². The van der Waals surface area contributed by atoms with Crippen molar-refractivity contribution in [1.82, 2.24) is 14.8 Å². The Labute approximate surface area is 199 Å². The van der Waals surface area contributed by atoms with Gasteiger partial charge in [-0.05, 0) is 56.3 Å². The Morgan fingerprint density at radius 1 is 1.06 bits per heavy atom. The molecule has 2 aromatic carbocycles. The summed E-state index contributed by atoms with van der Waals surface area (Å²) in [5.41, 5.74) is 1.97. The zero-order valence-corrected chi connectivity index (χ0v) is 19.4. The molecular formula is C24H22FN5O3S. The van der Waals surface area contributed by atoms with Crippen molar-refractivity contribution in [2.75, 3.05) is 16.4 Å². The van der Waals surface area contributed by atoms with E-state index in [9.17, 15) is 14.0 Å². The van der Waals surface area contributed by atoms with Gasteiger partial charge in [0.25, 0.3) is 5.91 Å². The fourth-order valence-electron chi connectivity index (χ4n) is 3.33. The number of nitrogens with one attached hydrogen (secondary N) is 2. The second-order valence-corrected chi connectivity index (χ2v) is 8.23. The topological polar surface area (TPSA) is 102 Å². The van der Waals surface area contributed by atoms with Crippen molar-refractivity contribution in [3.05, 3.63) is 78.0 Å². The van der Waals surface area contributed by atoms with Crippen LogP contribution in [0.4, 0.5) is 15.8 Å². The molecule has 174 valence electrons. The van der Waals surface area contributed by atoms with Crippen molar-refractivity contribution < 1.29 is 18.4 Å². The van der Waals surface area contributed by atoms with Gasteiger partial charge in [-0.1, -0.05) is 23.9 Å². The lowest BCUT2D eigenvalue weighted by Gasteiger charge is -2.12. The molecule has 0 aliphatic carbocycles. The quantitative estimate of drug-likeness (QED) is 0.345. The number of carbonyl (C=O) groups excluding carboxylic acids is 2. The van der Waals surface area contributed by atoms with Crippen LogP contribution in [0.15, 0.2) is 70.4 Å². The normalized spacial score (nSPS) is 10.8. The number of hydrogen-bond donors (Lipinski definition) is 2. The molecule has 0 saturated heterocycles. The van der Waals surface area contributed by atoms with Gasteiger partial charge in [-0.25, -0.2) is 4.39 Å². The summed E-state index contributed by atoms with van der Waals surface area (Å²) in [6.07, 6.45) is 1.60. The summed E-state index contributed by atoms with van der Waals surface area (Å²) in [5, 5.41) is 14.6. The molecule has 10 heteroatoms. The average Bonchev–Trinajstić information content (AvgIpc) is 3.44. The minimum Gasteiger partial charge on any atom is -0.469 e. The minimum absolute atomic E-state index is 0.0798. The summed E-state index contributed by atoms with van der Waals surface area (Å²) in [4.78, 5) is 25.4. The maximum Gasteiger partial charge on any atom is 0.257 e. The van der Waals surface area contributed by atoms with Crippen LogP contribution in [0.5, 0.6) is 0 Å². The van der Waals surface area contributed by atoms with Crippen LogP contribution in [-0.2, 0) is 11.3 Å². The van der Waals surface area contributed by atoms with E-state index in [0.717, 1.165) is 11.3 Å². The van der Waals surface area contributed by atoms with Gasteiger partial charge in [-0.3, -0.25) is 9.59 Å². The summed E-state index contributed by atoms with van der Waals surface area (Å²) in [7, 11) is 0. The molecule has 0 spiro atoms. The molecule has 34 heavy (non-hydrogen) atoms. The number of hydrogen-bond acceptors (Lipinski definition) is 6. The van der Waals surface area contributed by atoms with Gasteiger partial charge in [0.1, 0.15) is 11.6 Å². The maximum absolute atomic E-state index is 13.1. The van der Waals surface area contributed by atoms with Crippen LogP contribution in [0.3, 0.4) is 0 Å². The van der Waals surface area contributed by atoms with Crippen molar-refractivity contribution in [2.24, 2.45) is 0 Å². The monoisotopic (exact) mass is 479 g/mol. The summed E-state index contributed by atoms with van der Waals surface area (Å²) < 4.78 is 20.4. The number of nitrogens with zero attached hydrogens (tertiary/aromatic N) is 3. The number of halogens is 1. The van der Waals surface area contributed by atoms with Crippen LogP contribution < -0.4 is 10.6 Å². The highest BCUT2D eigenvalue weighted by atomic mass is 32.2. The fourth-order valence-corrected chi connectivity index (χ4v) is 4.14. The van der Waals surface area contributed by atoms with Gasteiger partial charge in [0.05, 0.1) is 28.8 Å². The summed E-state index contributed by atoms with van der Waals surface area (Å²) in [6, 6.07) is 14.0. The average molecular weight is 480 g/mol. The largest absolute Gasteiger partial charge is 0.469 e. The molecule has 0 atom stereocenters. The van der Waals surface area contributed by atoms with E-state index in [-0.39, 0.29) is 11.7 Å². The van der Waals surface area contributed by atoms with Crippen LogP contribution in [-0.4, -0.2) is 32.3 Å². The highest BCUT2D eigenvalue weighted by Crippen LogP contribution is 2.27. The Morgan fingerprint density at radius 2 is 1.82 bits per heavy atom. The third kappa shape index (κ3) is 5.18. The molecule has 0 radical (unpaired) electrons. The number of aromatic nitrogens is 3. The Morgan fingerprint density at radius 3 is 2.53 bits per heavy atom. The van der Waals surface area contributed by atoms with E-state index >= 15 is 0 Å². The van der Waals surface area contributed by atoms with Crippen molar-refractivity contribution in [1.29, 1.82) is 0 Å². The van der Waals surface area contributed by atoms with Crippen molar-refractivity contribution in [2.45, 2.75) is 25.5 Å². The molecule has 2 aromatic heterocycles. The number of benzene rings is 2. The molecule has 2 amide bonds. The smallest absolute Gasteiger partial charge is 0.257 e. The maximum atomic E-state index is 13.1. The first-order valence-electron chi connectivity index (χ1n) is 10.5. The highest BCUT2D eigenvalue weighted by molar-refractivity contribution is 7.99. The lowest BCUT2D eigenvalue weighted by atomic mass is 10.1. The highest BCUT2D eigenvalue weighted by Gasteiger charge is 2.18. The molecule has 2 heterocycles. The molecule has 2 N–H and O–H groups in total. The lowest BCUT2D eigenvalue weighted by Crippen LogP contribution is -2.19. The van der Waals surface area contributed by atoms with E-state index < -0.39 is 11.7 Å². The summed E-state index contributed by atoms with van der Waals surface area (Å²) in [5.74, 6) is 0.399. The van der Waals surface area contributed by atoms with Gasteiger partial charge in [-0.15, -0.1) is 10.2 Å². The number of furan rings is 1. The van der Waals surface area contributed by atoms with Crippen LogP contribution in [0.25, 0.3) is 11.4 Å². The fraction of sp³-hybridized carbons (Fsp3) is 0.167. The van der Waals surface area contributed by atoms with Gasteiger partial charge in [0.15, 0.2) is 11.0 Å². The van der Waals surface area contributed by atoms with Crippen LogP contribution in [0.2, 0.25) is 0 Å². The van der Waals surface area contributed by atoms with Gasteiger partial charge in [-0.2, -0.15) is 0 Å². The van der Waals surface area contributed by atoms with Gasteiger partial charge in [0, 0.05) is 12.2 Å². The molecule has 4 rings (SSSR count). The first-order valence-corrected chi connectivity index (χ1v) is 11.5. The van der Waals surface area contributed by atoms with Gasteiger partial charge in [0.2, 0.25) is 5.91 Å². The molecule has 0 fully saturated rings. The predicted molar refractivity (Wildman–Crippen MR) is 128 cm³/mol. The number of para-hydroxylation sites is 1. The number of thioether (sulfide) groups is 1. The zero-order chi connectivity index (χ0) is 24.1. The van der Waals surface area contributed by atoms with Crippen molar-refractivity contribution in [3.63, 3.8) is 0 Å². The number of amides is 2. The predicted octanol–water partition coefficient (Wildman–Crippen LogP) is 4.99. The third-order valence-electron chi connectivity index (χ3n) is 5.01. The molecule has 8 nitrogen and oxygen atoms in total. The minimum atomic E-state index is -0.416. The Balaban J connectivity index is 1.42. The van der Waals surface area contributed by atoms with E-state index in [0.29, 0.717) is 34.5 Å². The standard InChI is InChI=1S/C24H22FN5O3S/c1-3-30-22(18-12-13-33-15(18)2)28-29-24(30)34-14-21(31)27-20-7-5-4-6-19(20)23(32)26-17-10-8-16(25)9-11-17/h4-13H,3,14H2,1-2H3,(H,26,32)(H,27,31). The Bertz CT molecular complexity index is 1320. The molecule has 0 saturated carbocycles. The lowest BCUT2D eigenvalue weighted by molar-refractivity contribution is -0.113. The van der Waals surface area contributed by atoms with E-state index in [1.54, 1.807) is 30.5 Å². The number of aryl methyl sites for hydroxylation is 1. The van der Waals surface area contributed by atoms with Crippen molar-refractivity contribution in [3.8, 4) is 11.4 Å². The zero-order valence-electron chi connectivity index (χ0n) is 18.5. The molecule has 0 aliphatic rings. The van der Waals surface area contributed by atoms with Crippen molar-refractivity contribution >= 4 is 35.0 Å². The second kappa shape index (κ2) is 10.3. The molecule has 0 aliphatic heterocycles. The summed E-state index contributed by atoms with van der Waals surface area (Å²) in [6.45, 7) is 4.46. The molecule has 0 bridgehead atoms. The molecule has 0 unspecified atom stereocenters. The van der Waals surface area contributed by atoms with Crippen LogP contribution in [0.1, 0.15) is 23.0 Å².